The molecule has 148 valence electrons. The highest BCUT2D eigenvalue weighted by Crippen LogP contribution is 2.60. The third-order valence-electron chi connectivity index (χ3n) is 7.50. The molecule has 4 fully saturated rings. The zero-order valence-electron chi connectivity index (χ0n) is 16.3. The molecule has 6 heteroatoms. The first-order valence-corrected chi connectivity index (χ1v) is 10.6. The second-order valence-corrected chi connectivity index (χ2v) is 9.43. The normalized spacial score (nSPS) is 30.1. The van der Waals surface area contributed by atoms with Gasteiger partial charge in [0.1, 0.15) is 11.7 Å². The van der Waals surface area contributed by atoms with Gasteiger partial charge in [-0.1, -0.05) is 18.2 Å². The highest BCUT2D eigenvalue weighted by Gasteiger charge is 2.54. The molecule has 4 aliphatic carbocycles. The van der Waals surface area contributed by atoms with Gasteiger partial charge >= 0.3 is 0 Å². The van der Waals surface area contributed by atoms with E-state index in [1.807, 2.05) is 30.3 Å². The van der Waals surface area contributed by atoms with E-state index in [4.69, 9.17) is 0 Å². The van der Waals surface area contributed by atoms with E-state index >= 15 is 0 Å². The van der Waals surface area contributed by atoms with Crippen LogP contribution in [0.1, 0.15) is 38.5 Å². The number of fused-ring (bicyclic) bond motifs is 1. The average molecular weight is 388 g/mol. The molecule has 0 saturated heterocycles. The summed E-state index contributed by atoms with van der Waals surface area (Å²) in [6.45, 7) is 0.129. The van der Waals surface area contributed by atoms with Gasteiger partial charge in [0.25, 0.3) is 5.56 Å². The lowest BCUT2D eigenvalue weighted by Crippen LogP contribution is -2.51. The van der Waals surface area contributed by atoms with E-state index in [9.17, 15) is 9.59 Å². The molecular formula is C23H24N4O2. The molecule has 2 aromatic heterocycles. The van der Waals surface area contributed by atoms with Crippen LogP contribution in [-0.2, 0) is 11.3 Å². The van der Waals surface area contributed by atoms with Crippen LogP contribution in [0.15, 0.2) is 47.7 Å². The predicted molar refractivity (Wildman–Crippen MR) is 109 cm³/mol. The van der Waals surface area contributed by atoms with Gasteiger partial charge in [-0.15, -0.1) is 0 Å². The summed E-state index contributed by atoms with van der Waals surface area (Å²) < 4.78 is 3.16. The molecule has 0 atom stereocenters. The van der Waals surface area contributed by atoms with E-state index in [2.05, 4.69) is 10.1 Å². The molecule has 0 N–H and O–H groups in total. The van der Waals surface area contributed by atoms with Gasteiger partial charge in [0.2, 0.25) is 0 Å². The van der Waals surface area contributed by atoms with E-state index < -0.39 is 0 Å². The van der Waals surface area contributed by atoms with Crippen molar-refractivity contribution in [1.29, 1.82) is 0 Å². The number of hydrogen-bond donors (Lipinski definition) is 0. The Hall–Kier alpha value is -2.76. The summed E-state index contributed by atoms with van der Waals surface area (Å²) in [5.74, 6) is 2.38. The molecule has 0 unspecified atom stereocenters. The van der Waals surface area contributed by atoms with Gasteiger partial charge in [0, 0.05) is 5.41 Å². The summed E-state index contributed by atoms with van der Waals surface area (Å²) in [5.41, 5.74) is 1.00. The lowest BCUT2D eigenvalue weighted by Gasteiger charge is -2.56. The zero-order chi connectivity index (χ0) is 19.6. The van der Waals surface area contributed by atoms with Crippen molar-refractivity contribution in [3.05, 3.63) is 53.2 Å². The number of hydrogen-bond acceptors (Lipinski definition) is 4. The Morgan fingerprint density at radius 2 is 1.69 bits per heavy atom. The van der Waals surface area contributed by atoms with Gasteiger partial charge in [0.05, 0.1) is 18.4 Å². The van der Waals surface area contributed by atoms with Crippen molar-refractivity contribution in [3.8, 4) is 5.69 Å². The van der Waals surface area contributed by atoms with E-state index in [1.54, 1.807) is 10.9 Å². The summed E-state index contributed by atoms with van der Waals surface area (Å²) in [7, 11) is 0. The van der Waals surface area contributed by atoms with Gasteiger partial charge < -0.3 is 0 Å². The van der Waals surface area contributed by atoms with Gasteiger partial charge in [-0.25, -0.2) is 9.67 Å². The van der Waals surface area contributed by atoms with Crippen molar-refractivity contribution in [2.75, 3.05) is 0 Å². The smallest absolute Gasteiger partial charge is 0.264 e. The number of ketones is 1. The van der Waals surface area contributed by atoms with Crippen molar-refractivity contribution >= 4 is 16.8 Å². The zero-order valence-corrected chi connectivity index (χ0v) is 16.3. The molecule has 0 amide bonds. The minimum atomic E-state index is -0.197. The van der Waals surface area contributed by atoms with Crippen molar-refractivity contribution < 1.29 is 4.79 Å². The molecule has 4 saturated carbocycles. The number of Topliss-reactive ketones (excluding diaryl/α,β-unsaturated/α-hetero) is 1. The Bertz CT molecular complexity index is 1130. The first-order valence-electron chi connectivity index (χ1n) is 10.6. The quantitative estimate of drug-likeness (QED) is 0.687. The van der Waals surface area contributed by atoms with Crippen LogP contribution in [0.2, 0.25) is 0 Å². The van der Waals surface area contributed by atoms with Crippen molar-refractivity contribution in [3.63, 3.8) is 0 Å². The summed E-state index contributed by atoms with van der Waals surface area (Å²) in [5, 5.41) is 4.81. The van der Waals surface area contributed by atoms with Gasteiger partial charge in [-0.3, -0.25) is 14.2 Å². The minimum absolute atomic E-state index is 0.129. The highest BCUT2D eigenvalue weighted by molar-refractivity contribution is 5.85. The molecule has 7 rings (SSSR count). The molecule has 0 spiro atoms. The Balaban J connectivity index is 1.32. The number of para-hydroxylation sites is 1. The van der Waals surface area contributed by atoms with Crippen LogP contribution in [0, 0.1) is 23.2 Å². The monoisotopic (exact) mass is 388 g/mol. The Morgan fingerprint density at radius 3 is 2.34 bits per heavy atom. The third-order valence-corrected chi connectivity index (χ3v) is 7.50. The SMILES string of the molecule is O=C(Cn1cnc2c(cnn2-c2ccccc2)c1=O)C12CC3CC(CC(C3)C1)C2. The van der Waals surface area contributed by atoms with Crippen LogP contribution in [-0.4, -0.2) is 25.1 Å². The summed E-state index contributed by atoms with van der Waals surface area (Å²) >= 11 is 0. The maximum Gasteiger partial charge on any atom is 0.264 e. The number of nitrogens with zero attached hydrogens (tertiary/aromatic N) is 4. The molecule has 3 aromatic rings. The summed E-state index contributed by atoms with van der Waals surface area (Å²) in [4.78, 5) is 30.9. The van der Waals surface area contributed by atoms with E-state index in [1.165, 1.54) is 30.2 Å². The number of aromatic nitrogens is 4. The molecule has 1 aromatic carbocycles. The van der Waals surface area contributed by atoms with Crippen LogP contribution in [0.25, 0.3) is 16.7 Å². The Labute approximate surface area is 168 Å². The number of carbonyl (C=O) groups is 1. The molecule has 6 nitrogen and oxygen atoms in total. The lowest BCUT2D eigenvalue weighted by molar-refractivity contribution is -0.144. The van der Waals surface area contributed by atoms with Crippen LogP contribution >= 0.6 is 0 Å². The van der Waals surface area contributed by atoms with E-state index in [0.717, 1.165) is 24.9 Å². The first-order chi connectivity index (χ1) is 14.1. The van der Waals surface area contributed by atoms with Crippen LogP contribution in [0.4, 0.5) is 0 Å². The average Bonchev–Trinajstić information content (AvgIpc) is 3.14. The maximum absolute atomic E-state index is 13.4. The maximum atomic E-state index is 13.4. The van der Waals surface area contributed by atoms with Crippen LogP contribution < -0.4 is 5.56 Å². The fraction of sp³-hybridized carbons (Fsp3) is 0.478. The fourth-order valence-corrected chi connectivity index (χ4v) is 6.59. The molecule has 29 heavy (non-hydrogen) atoms. The summed E-state index contributed by atoms with van der Waals surface area (Å²) in [6, 6.07) is 9.64. The highest BCUT2D eigenvalue weighted by atomic mass is 16.1. The topological polar surface area (TPSA) is 69.8 Å². The minimum Gasteiger partial charge on any atom is -0.297 e. The Morgan fingerprint density at radius 1 is 1.03 bits per heavy atom. The van der Waals surface area contributed by atoms with E-state index in [0.29, 0.717) is 28.8 Å². The van der Waals surface area contributed by atoms with E-state index in [-0.39, 0.29) is 23.3 Å². The first kappa shape index (κ1) is 17.1. The molecular weight excluding hydrogens is 364 g/mol. The molecule has 0 aliphatic heterocycles. The number of rotatable bonds is 4. The Kier molecular flexibility index (Phi) is 3.61. The largest absolute Gasteiger partial charge is 0.297 e. The van der Waals surface area contributed by atoms with Crippen LogP contribution in [0.3, 0.4) is 0 Å². The standard InChI is InChI=1S/C23H24N4O2/c28-20(23-9-15-6-16(10-23)8-17(7-15)11-23)13-26-14-24-21-19(22(26)29)12-25-27(21)18-4-2-1-3-5-18/h1-5,12,14-17H,6-11,13H2. The number of carbonyl (C=O) groups excluding carboxylic acids is 1. The van der Waals surface area contributed by atoms with Gasteiger partial charge in [-0.2, -0.15) is 5.10 Å². The number of benzene rings is 1. The summed E-state index contributed by atoms with van der Waals surface area (Å²) in [6.07, 6.45) is 10.1. The van der Waals surface area contributed by atoms with Crippen molar-refractivity contribution in [1.82, 2.24) is 19.3 Å². The van der Waals surface area contributed by atoms with Gasteiger partial charge in [-0.05, 0) is 68.4 Å². The second-order valence-electron chi connectivity index (χ2n) is 9.43. The lowest BCUT2D eigenvalue weighted by atomic mass is 9.48. The van der Waals surface area contributed by atoms with Crippen molar-refractivity contribution in [2.45, 2.75) is 45.1 Å². The predicted octanol–water partition coefficient (Wildman–Crippen LogP) is 3.37. The molecule has 2 heterocycles. The third kappa shape index (κ3) is 2.61. The van der Waals surface area contributed by atoms with Gasteiger partial charge in [0.15, 0.2) is 11.4 Å². The molecule has 0 radical (unpaired) electrons. The second kappa shape index (κ2) is 6.12. The fourth-order valence-electron chi connectivity index (χ4n) is 6.59. The molecule has 4 bridgehead atoms. The molecule has 4 aliphatic rings. The van der Waals surface area contributed by atoms with Crippen LogP contribution in [0.5, 0.6) is 0 Å². The van der Waals surface area contributed by atoms with Crippen molar-refractivity contribution in [2.24, 2.45) is 23.2 Å².